The lowest BCUT2D eigenvalue weighted by Crippen LogP contribution is -2.15. The van der Waals surface area contributed by atoms with E-state index in [1.807, 2.05) is 41.8 Å². The largest absolute Gasteiger partial charge is 0.461 e. The van der Waals surface area contributed by atoms with Crippen LogP contribution < -0.4 is 5.32 Å². The van der Waals surface area contributed by atoms with Gasteiger partial charge in [-0.25, -0.2) is 0 Å². The van der Waals surface area contributed by atoms with Crippen LogP contribution in [0.15, 0.2) is 69.1 Å². The lowest BCUT2D eigenvalue weighted by atomic mass is 10.1. The average Bonchev–Trinajstić information content (AvgIpc) is 3.38. The van der Waals surface area contributed by atoms with Crippen LogP contribution in [0.3, 0.4) is 0 Å². The molecule has 0 aliphatic carbocycles. The van der Waals surface area contributed by atoms with Gasteiger partial charge in [-0.05, 0) is 35.2 Å². The highest BCUT2D eigenvalue weighted by Crippen LogP contribution is 2.21. The molecule has 0 bridgehead atoms. The number of carbonyl (C=O) groups excluding carboxylic acids is 1. The van der Waals surface area contributed by atoms with E-state index in [0.29, 0.717) is 30.3 Å². The van der Waals surface area contributed by atoms with Crippen LogP contribution in [-0.4, -0.2) is 16.0 Å². The molecule has 0 saturated carbocycles. The van der Waals surface area contributed by atoms with Crippen molar-refractivity contribution in [2.24, 2.45) is 0 Å². The van der Waals surface area contributed by atoms with Crippen molar-refractivity contribution in [3.8, 4) is 11.6 Å². The molecule has 3 heterocycles. The van der Waals surface area contributed by atoms with E-state index in [2.05, 4.69) is 15.5 Å². The SMILES string of the molecule is O=C(Cc1cccs1)Nc1ccccc1Cc1nc(-c2ccco2)no1. The zero-order valence-electron chi connectivity index (χ0n) is 13.7. The summed E-state index contributed by atoms with van der Waals surface area (Å²) in [6.07, 6.45) is 2.34. The van der Waals surface area contributed by atoms with Crippen molar-refractivity contribution in [1.82, 2.24) is 10.1 Å². The van der Waals surface area contributed by atoms with Crippen molar-refractivity contribution in [2.75, 3.05) is 5.32 Å². The third-order valence-electron chi connectivity index (χ3n) is 3.76. The van der Waals surface area contributed by atoms with Gasteiger partial charge in [0.15, 0.2) is 5.76 Å². The van der Waals surface area contributed by atoms with E-state index >= 15 is 0 Å². The van der Waals surface area contributed by atoms with Gasteiger partial charge in [0.05, 0.1) is 19.1 Å². The Labute approximate surface area is 153 Å². The summed E-state index contributed by atoms with van der Waals surface area (Å²) in [4.78, 5) is 17.7. The maximum atomic E-state index is 12.3. The molecule has 0 radical (unpaired) electrons. The maximum absolute atomic E-state index is 12.3. The topological polar surface area (TPSA) is 81.2 Å². The first-order valence-corrected chi connectivity index (χ1v) is 8.92. The zero-order chi connectivity index (χ0) is 17.8. The molecule has 7 heteroatoms. The second-order valence-electron chi connectivity index (χ2n) is 5.63. The quantitative estimate of drug-likeness (QED) is 0.555. The lowest BCUT2D eigenvalue weighted by molar-refractivity contribution is -0.115. The van der Waals surface area contributed by atoms with Crippen LogP contribution in [0.5, 0.6) is 0 Å². The van der Waals surface area contributed by atoms with Gasteiger partial charge < -0.3 is 14.3 Å². The number of hydrogen-bond donors (Lipinski definition) is 1. The fraction of sp³-hybridized carbons (Fsp3) is 0.105. The highest BCUT2D eigenvalue weighted by atomic mass is 32.1. The van der Waals surface area contributed by atoms with Gasteiger partial charge in [0.2, 0.25) is 17.6 Å². The van der Waals surface area contributed by atoms with Crippen molar-refractivity contribution < 1.29 is 13.7 Å². The zero-order valence-corrected chi connectivity index (χ0v) is 14.5. The Hall–Kier alpha value is -3.19. The Bertz CT molecular complexity index is 991. The molecule has 6 nitrogen and oxygen atoms in total. The highest BCUT2D eigenvalue weighted by Gasteiger charge is 2.14. The Morgan fingerprint density at radius 2 is 2.04 bits per heavy atom. The number of thiophene rings is 1. The summed E-state index contributed by atoms with van der Waals surface area (Å²) < 4.78 is 10.6. The van der Waals surface area contributed by atoms with Gasteiger partial charge in [-0.2, -0.15) is 4.98 Å². The number of rotatable bonds is 6. The van der Waals surface area contributed by atoms with Crippen LogP contribution >= 0.6 is 11.3 Å². The fourth-order valence-electron chi connectivity index (χ4n) is 2.56. The van der Waals surface area contributed by atoms with Gasteiger partial charge in [-0.15, -0.1) is 11.3 Å². The molecule has 1 aromatic carbocycles. The molecule has 3 aromatic heterocycles. The van der Waals surface area contributed by atoms with Crippen molar-refractivity contribution in [1.29, 1.82) is 0 Å². The number of para-hydroxylation sites is 1. The van der Waals surface area contributed by atoms with Crippen LogP contribution in [0.25, 0.3) is 11.6 Å². The average molecular weight is 365 g/mol. The second kappa shape index (κ2) is 7.37. The van der Waals surface area contributed by atoms with E-state index < -0.39 is 0 Å². The summed E-state index contributed by atoms with van der Waals surface area (Å²) >= 11 is 1.57. The number of nitrogens with zero attached hydrogens (tertiary/aromatic N) is 2. The van der Waals surface area contributed by atoms with Crippen LogP contribution in [0.2, 0.25) is 0 Å². The van der Waals surface area contributed by atoms with E-state index in [1.54, 1.807) is 29.7 Å². The van der Waals surface area contributed by atoms with Crippen molar-refractivity contribution in [3.05, 3.63) is 76.5 Å². The normalized spacial score (nSPS) is 10.8. The maximum Gasteiger partial charge on any atom is 0.238 e. The van der Waals surface area contributed by atoms with Crippen LogP contribution in [0, 0.1) is 0 Å². The van der Waals surface area contributed by atoms with Crippen LogP contribution in [-0.2, 0) is 17.6 Å². The Balaban J connectivity index is 1.48. The number of amides is 1. The van der Waals surface area contributed by atoms with Crippen LogP contribution in [0.4, 0.5) is 5.69 Å². The van der Waals surface area contributed by atoms with E-state index in [0.717, 1.165) is 16.1 Å². The van der Waals surface area contributed by atoms with E-state index in [1.165, 1.54) is 0 Å². The number of carbonyl (C=O) groups is 1. The standard InChI is InChI=1S/C19H15N3O3S/c23-17(12-14-6-4-10-26-14)20-15-7-2-1-5-13(15)11-18-21-19(22-25-18)16-8-3-9-24-16/h1-10H,11-12H2,(H,20,23). The molecule has 0 aliphatic heterocycles. The minimum Gasteiger partial charge on any atom is -0.461 e. The van der Waals surface area contributed by atoms with Crippen molar-refractivity contribution in [2.45, 2.75) is 12.8 Å². The summed E-state index contributed by atoms with van der Waals surface area (Å²) in [6.45, 7) is 0. The van der Waals surface area contributed by atoms with E-state index in [4.69, 9.17) is 8.94 Å². The number of furan rings is 1. The summed E-state index contributed by atoms with van der Waals surface area (Å²) in [5.74, 6) is 1.36. The number of nitrogens with one attached hydrogen (secondary N) is 1. The van der Waals surface area contributed by atoms with Gasteiger partial charge in [0.25, 0.3) is 0 Å². The first-order valence-electron chi connectivity index (χ1n) is 8.04. The third-order valence-corrected chi connectivity index (χ3v) is 4.63. The summed E-state index contributed by atoms with van der Waals surface area (Å²) in [5.41, 5.74) is 1.65. The number of aromatic nitrogens is 2. The molecule has 1 amide bonds. The molecule has 0 saturated heterocycles. The predicted molar refractivity (Wildman–Crippen MR) is 97.9 cm³/mol. The Morgan fingerprint density at radius 1 is 1.12 bits per heavy atom. The van der Waals surface area contributed by atoms with Crippen molar-refractivity contribution >= 4 is 22.9 Å². The molecule has 4 rings (SSSR count). The molecule has 4 aromatic rings. The molecule has 0 atom stereocenters. The number of hydrogen-bond acceptors (Lipinski definition) is 6. The first-order chi connectivity index (χ1) is 12.8. The molecule has 26 heavy (non-hydrogen) atoms. The first kappa shape index (κ1) is 16.3. The smallest absolute Gasteiger partial charge is 0.238 e. The Morgan fingerprint density at radius 3 is 2.85 bits per heavy atom. The van der Waals surface area contributed by atoms with Gasteiger partial charge in [-0.1, -0.05) is 29.4 Å². The summed E-state index contributed by atoms with van der Waals surface area (Å²) in [5, 5.41) is 8.85. The van der Waals surface area contributed by atoms with Crippen molar-refractivity contribution in [3.63, 3.8) is 0 Å². The number of anilines is 1. The Kier molecular flexibility index (Phi) is 4.61. The summed E-state index contributed by atoms with van der Waals surface area (Å²) in [6, 6.07) is 15.0. The molecule has 1 N–H and O–H groups in total. The van der Waals surface area contributed by atoms with Gasteiger partial charge in [0, 0.05) is 10.6 Å². The predicted octanol–water partition coefficient (Wildman–Crippen LogP) is 4.16. The monoisotopic (exact) mass is 365 g/mol. The lowest BCUT2D eigenvalue weighted by Gasteiger charge is -2.09. The van der Waals surface area contributed by atoms with Crippen LogP contribution in [0.1, 0.15) is 16.3 Å². The van der Waals surface area contributed by atoms with E-state index in [9.17, 15) is 4.79 Å². The molecular formula is C19H15N3O3S. The molecule has 0 spiro atoms. The number of benzene rings is 1. The molecule has 0 aliphatic rings. The fourth-order valence-corrected chi connectivity index (χ4v) is 3.26. The second-order valence-corrected chi connectivity index (χ2v) is 6.66. The van der Waals surface area contributed by atoms with Gasteiger partial charge >= 0.3 is 0 Å². The van der Waals surface area contributed by atoms with Gasteiger partial charge in [-0.3, -0.25) is 4.79 Å². The molecule has 0 fully saturated rings. The third kappa shape index (κ3) is 3.73. The summed E-state index contributed by atoms with van der Waals surface area (Å²) in [7, 11) is 0. The minimum atomic E-state index is -0.0540. The molecule has 0 unspecified atom stereocenters. The highest BCUT2D eigenvalue weighted by molar-refractivity contribution is 7.10. The molecule has 130 valence electrons. The minimum absolute atomic E-state index is 0.0540. The van der Waals surface area contributed by atoms with E-state index in [-0.39, 0.29) is 5.91 Å². The van der Waals surface area contributed by atoms with Gasteiger partial charge in [0.1, 0.15) is 0 Å². The molecular weight excluding hydrogens is 350 g/mol.